The molecule has 7 heteroatoms. The number of aliphatic hydroxyl groups is 1. The number of esters is 1. The predicted octanol–water partition coefficient (Wildman–Crippen LogP) is 1.29. The molecule has 1 aromatic carbocycles. The van der Waals surface area contributed by atoms with Crippen molar-refractivity contribution in [3.05, 3.63) is 29.3 Å². The fourth-order valence-corrected chi connectivity index (χ4v) is 2.32. The number of aliphatic carboxylic acids is 1. The molecule has 0 spiro atoms. The first kappa shape index (κ1) is 20.9. The average Bonchev–Trinajstić information content (AvgIpc) is 2.52. The first-order valence-electron chi connectivity index (χ1n) is 8.27. The maximum atomic E-state index is 11.0. The van der Waals surface area contributed by atoms with E-state index in [-0.39, 0.29) is 25.3 Å². The number of aryl methyl sites for hydroxylation is 1. The van der Waals surface area contributed by atoms with Gasteiger partial charge in [0.15, 0.2) is 0 Å². The molecule has 0 bridgehead atoms. The molecule has 0 fully saturated rings. The lowest BCUT2D eigenvalue weighted by molar-refractivity contribution is -0.163. The number of hydrogen-bond acceptors (Lipinski definition) is 6. The molecule has 0 aliphatic rings. The van der Waals surface area contributed by atoms with Crippen LogP contribution in [0.3, 0.4) is 0 Å². The van der Waals surface area contributed by atoms with Gasteiger partial charge in [-0.3, -0.25) is 0 Å². The zero-order chi connectivity index (χ0) is 19.0. The summed E-state index contributed by atoms with van der Waals surface area (Å²) in [5.41, 5.74) is 1.79. The monoisotopic (exact) mass is 353 g/mol. The van der Waals surface area contributed by atoms with Crippen molar-refractivity contribution in [1.82, 2.24) is 5.32 Å². The van der Waals surface area contributed by atoms with Crippen LogP contribution in [0, 0.1) is 6.92 Å². The smallest absolute Gasteiger partial charge is 0.417 e. The Morgan fingerprint density at radius 1 is 1.24 bits per heavy atom. The van der Waals surface area contributed by atoms with Crippen molar-refractivity contribution in [2.45, 2.75) is 52.3 Å². The zero-order valence-electron chi connectivity index (χ0n) is 15.1. The van der Waals surface area contributed by atoms with Gasteiger partial charge in [0.25, 0.3) is 0 Å². The van der Waals surface area contributed by atoms with E-state index in [2.05, 4.69) is 10.1 Å². The second-order valence-corrected chi connectivity index (χ2v) is 6.29. The molecule has 7 nitrogen and oxygen atoms in total. The second kappa shape index (κ2) is 10.0. The van der Waals surface area contributed by atoms with Crippen LogP contribution in [0.15, 0.2) is 18.2 Å². The van der Waals surface area contributed by atoms with Crippen molar-refractivity contribution in [3.8, 4) is 5.75 Å². The summed E-state index contributed by atoms with van der Waals surface area (Å²) < 4.78 is 10.4. The summed E-state index contributed by atoms with van der Waals surface area (Å²) in [7, 11) is 0. The average molecular weight is 353 g/mol. The molecule has 0 heterocycles. The Bertz CT molecular complexity index is 587. The van der Waals surface area contributed by atoms with Crippen molar-refractivity contribution >= 4 is 11.9 Å². The van der Waals surface area contributed by atoms with Gasteiger partial charge in [-0.15, -0.1) is 0 Å². The maximum Gasteiger partial charge on any atom is 0.417 e. The zero-order valence-corrected chi connectivity index (χ0v) is 15.1. The van der Waals surface area contributed by atoms with Crippen LogP contribution in [-0.4, -0.2) is 53.6 Å². The Labute approximate surface area is 147 Å². The molecule has 0 radical (unpaired) electrons. The molecule has 2 atom stereocenters. The molecule has 0 aromatic heterocycles. The molecule has 3 N–H and O–H groups in total. The van der Waals surface area contributed by atoms with E-state index in [9.17, 15) is 14.7 Å². The Kier molecular flexibility index (Phi) is 8.37. The van der Waals surface area contributed by atoms with Crippen LogP contribution in [0.5, 0.6) is 5.75 Å². The van der Waals surface area contributed by atoms with Crippen LogP contribution in [0.4, 0.5) is 0 Å². The molecule has 1 aromatic rings. The molecule has 0 aliphatic heterocycles. The first-order valence-corrected chi connectivity index (χ1v) is 8.27. The fourth-order valence-electron chi connectivity index (χ4n) is 2.32. The van der Waals surface area contributed by atoms with Crippen LogP contribution in [-0.2, 0) is 20.7 Å². The van der Waals surface area contributed by atoms with E-state index in [0.717, 1.165) is 11.1 Å². The third-order valence-corrected chi connectivity index (χ3v) is 3.58. The summed E-state index contributed by atoms with van der Waals surface area (Å²) in [5.74, 6) is -2.32. The summed E-state index contributed by atoms with van der Waals surface area (Å²) in [6.07, 6.45) is -0.354. The highest BCUT2D eigenvalue weighted by atomic mass is 16.6. The Morgan fingerprint density at radius 3 is 2.52 bits per heavy atom. The number of hydrogen-bond donors (Lipinski definition) is 3. The number of carboxylic acids is 1. The summed E-state index contributed by atoms with van der Waals surface area (Å²) in [6.45, 7) is 7.86. The van der Waals surface area contributed by atoms with E-state index < -0.39 is 18.0 Å². The minimum atomic E-state index is -1.62. The van der Waals surface area contributed by atoms with Gasteiger partial charge in [-0.2, -0.15) is 0 Å². The van der Waals surface area contributed by atoms with E-state index in [0.29, 0.717) is 12.2 Å². The number of carbonyl (C=O) groups excluding carboxylic acids is 1. The minimum absolute atomic E-state index is 0.0567. The number of carboxylic acid groups (broad SMARTS) is 1. The van der Waals surface area contributed by atoms with E-state index in [4.69, 9.17) is 9.84 Å². The van der Waals surface area contributed by atoms with E-state index in [1.807, 2.05) is 39.8 Å². The molecular weight excluding hydrogens is 326 g/mol. The topological polar surface area (TPSA) is 105 Å². The molecule has 1 rings (SSSR count). The summed E-state index contributed by atoms with van der Waals surface area (Å²) in [4.78, 5) is 21.4. The molecule has 0 unspecified atom stereocenters. The standard InChI is InChI=1S/C18H27NO6/c1-11(2)19-13(4)15(20)10-25-16-6-5-12(3)9-14(16)7-8-24-18(23)17(21)22/h5-6,9,11,13,15,19-20H,7-8,10H2,1-4H3,(H,21,22)/t13-,15-/m1/s1. The van der Waals surface area contributed by atoms with Gasteiger partial charge in [-0.05, 0) is 25.5 Å². The number of benzene rings is 1. The number of carbonyl (C=O) groups is 2. The second-order valence-electron chi connectivity index (χ2n) is 6.29. The van der Waals surface area contributed by atoms with Crippen molar-refractivity contribution < 1.29 is 29.3 Å². The molecule has 0 aliphatic carbocycles. The predicted molar refractivity (Wildman–Crippen MR) is 92.7 cm³/mol. The Hall–Kier alpha value is -2.12. The van der Waals surface area contributed by atoms with Gasteiger partial charge in [-0.1, -0.05) is 31.5 Å². The Morgan fingerprint density at radius 2 is 1.92 bits per heavy atom. The van der Waals surface area contributed by atoms with Crippen LogP contribution < -0.4 is 10.1 Å². The van der Waals surface area contributed by atoms with Gasteiger partial charge >= 0.3 is 11.9 Å². The number of aliphatic hydroxyl groups excluding tert-OH is 1. The normalized spacial score (nSPS) is 13.4. The number of nitrogens with one attached hydrogen (secondary N) is 1. The SMILES string of the molecule is Cc1ccc(OC[C@@H](O)[C@@H](C)NC(C)C)c(CCOC(=O)C(=O)O)c1. The number of rotatable bonds is 9. The van der Waals surface area contributed by atoms with Gasteiger partial charge in [-0.25, -0.2) is 9.59 Å². The van der Waals surface area contributed by atoms with Gasteiger partial charge in [0, 0.05) is 18.5 Å². The van der Waals surface area contributed by atoms with E-state index in [1.165, 1.54) is 0 Å². The van der Waals surface area contributed by atoms with Crippen LogP contribution in [0.2, 0.25) is 0 Å². The van der Waals surface area contributed by atoms with Gasteiger partial charge in [0.2, 0.25) is 0 Å². The van der Waals surface area contributed by atoms with E-state index in [1.54, 1.807) is 6.07 Å². The largest absolute Gasteiger partial charge is 0.491 e. The minimum Gasteiger partial charge on any atom is -0.491 e. The molecule has 0 amide bonds. The highest BCUT2D eigenvalue weighted by molar-refractivity contribution is 6.28. The lowest BCUT2D eigenvalue weighted by atomic mass is 10.1. The number of ether oxygens (including phenoxy) is 2. The quantitative estimate of drug-likeness (QED) is 0.454. The van der Waals surface area contributed by atoms with Crippen molar-refractivity contribution in [2.75, 3.05) is 13.2 Å². The van der Waals surface area contributed by atoms with Gasteiger partial charge in [0.05, 0.1) is 6.61 Å². The van der Waals surface area contributed by atoms with Crippen molar-refractivity contribution in [3.63, 3.8) is 0 Å². The lowest BCUT2D eigenvalue weighted by Gasteiger charge is -2.23. The molecular formula is C18H27NO6. The van der Waals surface area contributed by atoms with Gasteiger partial charge in [0.1, 0.15) is 18.5 Å². The third-order valence-electron chi connectivity index (χ3n) is 3.58. The highest BCUT2D eigenvalue weighted by Crippen LogP contribution is 2.21. The summed E-state index contributed by atoms with van der Waals surface area (Å²) in [5, 5.41) is 21.9. The maximum absolute atomic E-state index is 11.0. The van der Waals surface area contributed by atoms with Gasteiger partial charge < -0.3 is 25.0 Å². The van der Waals surface area contributed by atoms with Crippen LogP contribution in [0.25, 0.3) is 0 Å². The molecule has 140 valence electrons. The molecule has 0 saturated carbocycles. The van der Waals surface area contributed by atoms with Crippen molar-refractivity contribution in [2.24, 2.45) is 0 Å². The summed E-state index contributed by atoms with van der Waals surface area (Å²) in [6, 6.07) is 5.68. The molecule has 0 saturated heterocycles. The van der Waals surface area contributed by atoms with E-state index >= 15 is 0 Å². The highest BCUT2D eigenvalue weighted by Gasteiger charge is 2.17. The van der Waals surface area contributed by atoms with Crippen LogP contribution >= 0.6 is 0 Å². The Balaban J connectivity index is 2.64. The van der Waals surface area contributed by atoms with Crippen LogP contribution in [0.1, 0.15) is 31.9 Å². The molecule has 25 heavy (non-hydrogen) atoms. The third kappa shape index (κ3) is 7.53. The first-order chi connectivity index (χ1) is 11.7. The van der Waals surface area contributed by atoms with Crippen molar-refractivity contribution in [1.29, 1.82) is 0 Å². The summed E-state index contributed by atoms with van der Waals surface area (Å²) >= 11 is 0. The lowest BCUT2D eigenvalue weighted by Crippen LogP contribution is -2.43. The fraction of sp³-hybridized carbons (Fsp3) is 0.556.